The highest BCUT2D eigenvalue weighted by molar-refractivity contribution is 5.40. The summed E-state index contributed by atoms with van der Waals surface area (Å²) in [4.78, 5) is 2.01. The van der Waals surface area contributed by atoms with E-state index in [4.69, 9.17) is 5.73 Å². The van der Waals surface area contributed by atoms with Crippen molar-refractivity contribution < 1.29 is 8.78 Å². The van der Waals surface area contributed by atoms with Gasteiger partial charge in [0.05, 0.1) is 0 Å². The summed E-state index contributed by atoms with van der Waals surface area (Å²) < 4.78 is 27.6. The first-order chi connectivity index (χ1) is 9.97. The molecule has 0 bridgehead atoms. The van der Waals surface area contributed by atoms with Gasteiger partial charge in [-0.1, -0.05) is 18.2 Å². The molecule has 0 saturated carbocycles. The molecule has 0 saturated heterocycles. The van der Waals surface area contributed by atoms with Crippen molar-refractivity contribution in [1.82, 2.24) is 4.90 Å². The van der Waals surface area contributed by atoms with Gasteiger partial charge in [0.1, 0.15) is 11.6 Å². The van der Waals surface area contributed by atoms with Gasteiger partial charge in [0.15, 0.2) is 0 Å². The highest BCUT2D eigenvalue weighted by Gasteiger charge is 2.16. The maximum absolute atomic E-state index is 13.8. The van der Waals surface area contributed by atoms with Crippen LogP contribution in [0.3, 0.4) is 0 Å². The van der Waals surface area contributed by atoms with Crippen LogP contribution in [-0.2, 0) is 13.1 Å². The average molecular weight is 290 g/mol. The van der Waals surface area contributed by atoms with Gasteiger partial charge in [-0.25, -0.2) is 8.78 Å². The molecule has 21 heavy (non-hydrogen) atoms. The summed E-state index contributed by atoms with van der Waals surface area (Å²) in [6, 6.07) is 11.7. The average Bonchev–Trinajstić information content (AvgIpc) is 2.41. The van der Waals surface area contributed by atoms with Crippen LogP contribution in [0.2, 0.25) is 0 Å². The normalized spacial score (nSPS) is 11.3. The van der Waals surface area contributed by atoms with E-state index in [0.29, 0.717) is 12.2 Å². The van der Waals surface area contributed by atoms with Crippen molar-refractivity contribution in [3.63, 3.8) is 0 Å². The second-order valence-corrected chi connectivity index (χ2v) is 5.44. The fraction of sp³-hybridized carbons (Fsp3) is 0.294. The van der Waals surface area contributed by atoms with Gasteiger partial charge in [-0.05, 0) is 43.7 Å². The van der Waals surface area contributed by atoms with Crippen molar-refractivity contribution in [2.24, 2.45) is 0 Å². The summed E-state index contributed by atoms with van der Waals surface area (Å²) in [7, 11) is 0. The van der Waals surface area contributed by atoms with E-state index < -0.39 is 11.6 Å². The fourth-order valence-corrected chi connectivity index (χ4v) is 2.23. The number of nitrogens with zero attached hydrogens (tertiary/aromatic N) is 1. The van der Waals surface area contributed by atoms with Crippen LogP contribution in [0.15, 0.2) is 42.5 Å². The van der Waals surface area contributed by atoms with E-state index >= 15 is 0 Å². The standard InChI is InChI=1S/C17H20F2N2/c1-12(2)21(10-13-5-3-6-14(20)9-13)11-15-16(18)7-4-8-17(15)19/h3-9,12H,10-11,20H2,1-2H3. The SMILES string of the molecule is CC(C)N(Cc1cccc(N)c1)Cc1c(F)cccc1F. The summed E-state index contributed by atoms with van der Waals surface area (Å²) in [6.07, 6.45) is 0. The largest absolute Gasteiger partial charge is 0.399 e. The Balaban J connectivity index is 2.20. The minimum Gasteiger partial charge on any atom is -0.399 e. The first kappa shape index (κ1) is 15.4. The maximum atomic E-state index is 13.8. The number of rotatable bonds is 5. The van der Waals surface area contributed by atoms with E-state index in [1.54, 1.807) is 0 Å². The number of benzene rings is 2. The molecular weight excluding hydrogens is 270 g/mol. The molecule has 0 radical (unpaired) electrons. The Hall–Kier alpha value is -1.94. The minimum atomic E-state index is -0.506. The van der Waals surface area contributed by atoms with Gasteiger partial charge >= 0.3 is 0 Å². The number of anilines is 1. The zero-order valence-electron chi connectivity index (χ0n) is 12.3. The van der Waals surface area contributed by atoms with Crippen molar-refractivity contribution in [3.8, 4) is 0 Å². The van der Waals surface area contributed by atoms with Crippen LogP contribution in [0, 0.1) is 11.6 Å². The second kappa shape index (κ2) is 6.68. The number of nitrogen functional groups attached to an aromatic ring is 1. The Kier molecular flexibility index (Phi) is 4.91. The monoisotopic (exact) mass is 290 g/mol. The first-order valence-electron chi connectivity index (χ1n) is 6.98. The van der Waals surface area contributed by atoms with E-state index in [1.807, 2.05) is 43.0 Å². The zero-order chi connectivity index (χ0) is 15.4. The molecule has 0 fully saturated rings. The predicted octanol–water partition coefficient (Wildman–Crippen LogP) is 3.96. The lowest BCUT2D eigenvalue weighted by molar-refractivity contribution is 0.198. The predicted molar refractivity (Wildman–Crippen MR) is 81.6 cm³/mol. The van der Waals surface area contributed by atoms with E-state index in [2.05, 4.69) is 0 Å². The lowest BCUT2D eigenvalue weighted by atomic mass is 10.1. The second-order valence-electron chi connectivity index (χ2n) is 5.44. The van der Waals surface area contributed by atoms with Gasteiger partial charge in [0.25, 0.3) is 0 Å². The van der Waals surface area contributed by atoms with Crippen molar-refractivity contribution in [1.29, 1.82) is 0 Å². The van der Waals surface area contributed by atoms with Gasteiger partial charge in [-0.15, -0.1) is 0 Å². The van der Waals surface area contributed by atoms with Crippen molar-refractivity contribution >= 4 is 5.69 Å². The van der Waals surface area contributed by atoms with Crippen LogP contribution in [0.5, 0.6) is 0 Å². The van der Waals surface area contributed by atoms with Gasteiger partial charge in [0, 0.05) is 30.4 Å². The minimum absolute atomic E-state index is 0.107. The number of nitrogens with two attached hydrogens (primary N) is 1. The highest BCUT2D eigenvalue weighted by atomic mass is 19.1. The number of halogens is 2. The molecule has 2 rings (SSSR count). The summed E-state index contributed by atoms with van der Waals surface area (Å²) >= 11 is 0. The molecule has 0 aliphatic carbocycles. The molecule has 0 aromatic heterocycles. The lowest BCUT2D eigenvalue weighted by Crippen LogP contribution is -2.30. The summed E-state index contributed by atoms with van der Waals surface area (Å²) in [5, 5.41) is 0. The van der Waals surface area contributed by atoms with E-state index in [1.165, 1.54) is 18.2 Å². The zero-order valence-corrected chi connectivity index (χ0v) is 12.3. The molecule has 0 spiro atoms. The molecule has 2 aromatic rings. The molecular formula is C17H20F2N2. The van der Waals surface area contributed by atoms with Crippen LogP contribution in [0.4, 0.5) is 14.5 Å². The van der Waals surface area contributed by atoms with E-state index in [-0.39, 0.29) is 18.2 Å². The Morgan fingerprint density at radius 3 is 2.19 bits per heavy atom. The van der Waals surface area contributed by atoms with Crippen LogP contribution < -0.4 is 5.73 Å². The van der Waals surface area contributed by atoms with Crippen molar-refractivity contribution in [2.45, 2.75) is 33.0 Å². The molecule has 0 aliphatic rings. The van der Waals surface area contributed by atoms with Crippen LogP contribution in [-0.4, -0.2) is 10.9 Å². The molecule has 112 valence electrons. The molecule has 0 amide bonds. The molecule has 0 heterocycles. The van der Waals surface area contributed by atoms with Gasteiger partial charge in [-0.2, -0.15) is 0 Å². The Bertz CT molecular complexity index is 591. The molecule has 2 nitrogen and oxygen atoms in total. The Morgan fingerprint density at radius 1 is 1.00 bits per heavy atom. The van der Waals surface area contributed by atoms with Crippen molar-refractivity contribution in [3.05, 3.63) is 65.2 Å². The third-order valence-corrected chi connectivity index (χ3v) is 3.49. The van der Waals surface area contributed by atoms with Crippen LogP contribution in [0.1, 0.15) is 25.0 Å². The summed E-state index contributed by atoms with van der Waals surface area (Å²) in [5.74, 6) is -1.01. The van der Waals surface area contributed by atoms with Crippen LogP contribution in [0.25, 0.3) is 0 Å². The Labute approximate surface area is 124 Å². The maximum Gasteiger partial charge on any atom is 0.130 e. The number of hydrogen-bond donors (Lipinski definition) is 1. The van der Waals surface area contributed by atoms with Gasteiger partial charge in [0.2, 0.25) is 0 Å². The van der Waals surface area contributed by atoms with Crippen molar-refractivity contribution in [2.75, 3.05) is 5.73 Å². The first-order valence-corrected chi connectivity index (χ1v) is 6.98. The lowest BCUT2D eigenvalue weighted by Gasteiger charge is -2.27. The molecule has 0 atom stereocenters. The topological polar surface area (TPSA) is 29.3 Å². The molecule has 4 heteroatoms. The van der Waals surface area contributed by atoms with E-state index in [0.717, 1.165) is 5.56 Å². The molecule has 2 N–H and O–H groups in total. The molecule has 0 aliphatic heterocycles. The molecule has 0 unspecified atom stereocenters. The van der Waals surface area contributed by atoms with Gasteiger partial charge < -0.3 is 5.73 Å². The Morgan fingerprint density at radius 2 is 1.62 bits per heavy atom. The molecule has 2 aromatic carbocycles. The quantitative estimate of drug-likeness (QED) is 0.845. The van der Waals surface area contributed by atoms with Gasteiger partial charge in [-0.3, -0.25) is 4.90 Å². The third kappa shape index (κ3) is 4.02. The summed E-state index contributed by atoms with van der Waals surface area (Å²) in [5.41, 5.74) is 7.60. The highest BCUT2D eigenvalue weighted by Crippen LogP contribution is 2.19. The fourth-order valence-electron chi connectivity index (χ4n) is 2.23. The number of hydrogen-bond acceptors (Lipinski definition) is 2. The smallest absolute Gasteiger partial charge is 0.130 e. The third-order valence-electron chi connectivity index (χ3n) is 3.49. The van der Waals surface area contributed by atoms with Crippen LogP contribution >= 0.6 is 0 Å². The van der Waals surface area contributed by atoms with E-state index in [9.17, 15) is 8.78 Å². The summed E-state index contributed by atoms with van der Waals surface area (Å²) in [6.45, 7) is 4.83.